The van der Waals surface area contributed by atoms with Crippen LogP contribution in [0.15, 0.2) is 91.0 Å². The second-order valence-electron chi connectivity index (χ2n) is 23.1. The van der Waals surface area contributed by atoms with Crippen molar-refractivity contribution in [1.29, 1.82) is 0 Å². The number of rotatable bonds is 23. The van der Waals surface area contributed by atoms with Crippen molar-refractivity contribution >= 4 is 59.1 Å². The molecule has 25 heteroatoms. The van der Waals surface area contributed by atoms with E-state index in [1.807, 2.05) is 13.8 Å². The Hall–Kier alpha value is -7.84. The molecule has 2 saturated heterocycles. The van der Waals surface area contributed by atoms with E-state index >= 15 is 4.79 Å². The SMILES string of the molecule is CC(C)C[C@@H]1NC(=O)[C@H](CCCN)NC(=O)[C@H](CCCN)NC(=O)[C@H](CCCN)NC(=O)[C@H](CCCN)NC(=O)[C@H](CCCN)NC(=O)[C@@H](Cc2ccccc2)NC(=O)[C@H](Cc2ccccc2)NC(=O)[C@@H]2CCCN2C(=O)[C@@H](Cc2ccccc2)NC1=O. The molecule has 0 saturated carbocycles. The molecule has 10 amide bonds. The fraction of sp³-hybridized carbons (Fsp3) is 0.556. The highest BCUT2D eigenvalue weighted by molar-refractivity contribution is 6.00. The van der Waals surface area contributed by atoms with Crippen LogP contribution in [0.5, 0.6) is 0 Å². The van der Waals surface area contributed by atoms with Gasteiger partial charge in [-0.3, -0.25) is 47.9 Å². The van der Waals surface area contributed by atoms with Gasteiger partial charge in [0.05, 0.1) is 0 Å². The Bertz CT molecular complexity index is 2730. The summed E-state index contributed by atoms with van der Waals surface area (Å²) < 4.78 is 0. The van der Waals surface area contributed by atoms with Gasteiger partial charge in [-0.2, -0.15) is 0 Å². The number of nitrogens with two attached hydrogens (primary N) is 5. The summed E-state index contributed by atoms with van der Waals surface area (Å²) in [6.45, 7) is 4.45. The quantitative estimate of drug-likeness (QED) is 0.0532. The molecule has 19 N–H and O–H groups in total. The zero-order valence-corrected chi connectivity index (χ0v) is 51.0. The molecular weight excluding hydrogens is 1130 g/mol. The predicted molar refractivity (Wildman–Crippen MR) is 333 cm³/mol. The molecular formula is C63H95N15O10. The molecule has 0 aliphatic carbocycles. The van der Waals surface area contributed by atoms with Gasteiger partial charge in [0.25, 0.3) is 0 Å². The number of nitrogens with zero attached hydrogens (tertiary/aromatic N) is 1. The fourth-order valence-corrected chi connectivity index (χ4v) is 10.8. The van der Waals surface area contributed by atoms with Crippen molar-refractivity contribution in [3.05, 3.63) is 108 Å². The largest absolute Gasteiger partial charge is 0.343 e. The highest BCUT2D eigenvalue weighted by Crippen LogP contribution is 2.22. The first kappa shape index (κ1) is 70.9. The lowest BCUT2D eigenvalue weighted by atomic mass is 9.99. The van der Waals surface area contributed by atoms with E-state index in [0.29, 0.717) is 23.1 Å². The van der Waals surface area contributed by atoms with Crippen molar-refractivity contribution in [1.82, 2.24) is 52.8 Å². The molecule has 0 aromatic heterocycles. The minimum atomic E-state index is -1.35. The highest BCUT2D eigenvalue weighted by Gasteiger charge is 2.41. The average molecular weight is 1220 g/mol. The average Bonchev–Trinajstić information content (AvgIpc) is 4.08. The second-order valence-corrected chi connectivity index (χ2v) is 23.1. The van der Waals surface area contributed by atoms with Crippen LogP contribution in [0.25, 0.3) is 0 Å². The zero-order valence-electron chi connectivity index (χ0n) is 51.0. The van der Waals surface area contributed by atoms with Crippen molar-refractivity contribution in [3.63, 3.8) is 0 Å². The van der Waals surface area contributed by atoms with E-state index in [-0.39, 0.29) is 141 Å². The summed E-state index contributed by atoms with van der Waals surface area (Å²) in [5, 5.41) is 25.3. The molecule has 25 nitrogen and oxygen atoms in total. The Morgan fingerprint density at radius 1 is 0.364 bits per heavy atom. The molecule has 0 spiro atoms. The third-order valence-electron chi connectivity index (χ3n) is 15.6. The number of carbonyl (C=O) groups excluding carboxylic acids is 10. The third-order valence-corrected chi connectivity index (χ3v) is 15.6. The van der Waals surface area contributed by atoms with E-state index in [1.165, 1.54) is 4.90 Å². The van der Waals surface area contributed by atoms with E-state index in [0.717, 1.165) is 0 Å². The molecule has 2 aliphatic rings. The molecule has 0 radical (unpaired) electrons. The summed E-state index contributed by atoms with van der Waals surface area (Å²) in [5.41, 5.74) is 31.6. The molecule has 2 fully saturated rings. The maximum Gasteiger partial charge on any atom is 0.246 e. The van der Waals surface area contributed by atoms with Crippen LogP contribution < -0.4 is 76.5 Å². The van der Waals surface area contributed by atoms with Gasteiger partial charge in [-0.25, -0.2) is 0 Å². The van der Waals surface area contributed by atoms with Gasteiger partial charge in [0.2, 0.25) is 59.1 Å². The standard InChI is InChI=1S/C63H95N15O10/c1-40(2)36-49-59(84)77-52(39-43-22-10-5-11-23-43)63(88)78-35-17-29-53(78)62(87)76-51(38-42-20-8-4-9-21-42)61(86)75-50(37-41-18-6-3-7-19-41)60(85)73-47(27-15-33-67)57(82)71-45(25-13-31-65)55(80)69-44(24-12-30-64)54(79)70-46(26-14-32-66)56(81)72-48(28-16-34-68)58(83)74-49/h3-11,18-23,40,44-53H,12-17,24-39,64-68H2,1-2H3,(H,69,80)(H,70,79)(H,71,82)(H,72,81)(H,73,85)(H,74,83)(H,75,86)(H,76,87)(H,77,84)/t44-,45-,46-,47-,48-,49-,50+,51-,52+,53-/m0/s1. The van der Waals surface area contributed by atoms with Gasteiger partial charge < -0.3 is 81.4 Å². The molecule has 482 valence electrons. The van der Waals surface area contributed by atoms with E-state index in [2.05, 4.69) is 47.9 Å². The van der Waals surface area contributed by atoms with E-state index in [1.54, 1.807) is 91.0 Å². The number of nitrogens with one attached hydrogen (secondary N) is 9. The van der Waals surface area contributed by atoms with Gasteiger partial charge in [-0.05, 0) is 139 Å². The second kappa shape index (κ2) is 37.8. The van der Waals surface area contributed by atoms with Gasteiger partial charge in [0.15, 0.2) is 0 Å². The number of hydrogen-bond acceptors (Lipinski definition) is 15. The smallest absolute Gasteiger partial charge is 0.246 e. The maximum absolute atomic E-state index is 15.1. The van der Waals surface area contributed by atoms with Crippen molar-refractivity contribution in [2.24, 2.45) is 34.6 Å². The van der Waals surface area contributed by atoms with Crippen LogP contribution in [-0.4, -0.2) is 164 Å². The molecule has 88 heavy (non-hydrogen) atoms. The lowest BCUT2D eigenvalue weighted by Gasteiger charge is -2.32. The Balaban J connectivity index is 1.63. The lowest BCUT2D eigenvalue weighted by molar-refractivity contribution is -0.142. The monoisotopic (exact) mass is 1220 g/mol. The number of amides is 10. The van der Waals surface area contributed by atoms with E-state index in [9.17, 15) is 43.2 Å². The van der Waals surface area contributed by atoms with Gasteiger partial charge >= 0.3 is 0 Å². The Labute approximate surface area is 516 Å². The van der Waals surface area contributed by atoms with Crippen LogP contribution in [0, 0.1) is 5.92 Å². The molecule has 3 aromatic carbocycles. The summed E-state index contributed by atoms with van der Waals surface area (Å²) in [5.74, 6) is -7.47. The molecule has 2 heterocycles. The number of hydrogen-bond donors (Lipinski definition) is 14. The van der Waals surface area contributed by atoms with Crippen LogP contribution >= 0.6 is 0 Å². The summed E-state index contributed by atoms with van der Waals surface area (Å²) in [7, 11) is 0. The number of carbonyl (C=O) groups is 10. The normalized spacial score (nSPS) is 24.6. The molecule has 10 atom stereocenters. The van der Waals surface area contributed by atoms with Crippen LogP contribution in [0.1, 0.15) is 114 Å². The summed E-state index contributed by atoms with van der Waals surface area (Å²) in [4.78, 5) is 148. The Morgan fingerprint density at radius 3 is 0.943 bits per heavy atom. The first-order chi connectivity index (χ1) is 42.4. The van der Waals surface area contributed by atoms with E-state index in [4.69, 9.17) is 28.7 Å². The van der Waals surface area contributed by atoms with Crippen LogP contribution in [0.2, 0.25) is 0 Å². The van der Waals surface area contributed by atoms with Crippen LogP contribution in [0.3, 0.4) is 0 Å². The van der Waals surface area contributed by atoms with Crippen molar-refractivity contribution in [3.8, 4) is 0 Å². The predicted octanol–water partition coefficient (Wildman–Crippen LogP) is -1.18. The maximum atomic E-state index is 15.1. The fourth-order valence-electron chi connectivity index (χ4n) is 10.8. The topological polar surface area (TPSA) is 412 Å². The molecule has 2 aliphatic heterocycles. The Kier molecular flexibility index (Phi) is 30.4. The molecule has 0 unspecified atom stereocenters. The molecule has 5 rings (SSSR count). The van der Waals surface area contributed by atoms with Gasteiger partial charge in [-0.15, -0.1) is 0 Å². The van der Waals surface area contributed by atoms with Crippen molar-refractivity contribution in [2.75, 3.05) is 39.3 Å². The summed E-state index contributed by atoms with van der Waals surface area (Å²) in [6, 6.07) is 14.0. The first-order valence-electron chi connectivity index (χ1n) is 31.1. The van der Waals surface area contributed by atoms with Gasteiger partial charge in [0, 0.05) is 25.8 Å². The molecule has 3 aromatic rings. The number of fused-ring (bicyclic) bond motifs is 1. The first-order valence-corrected chi connectivity index (χ1v) is 31.1. The third kappa shape index (κ3) is 23.0. The zero-order chi connectivity index (χ0) is 64.0. The van der Waals surface area contributed by atoms with Gasteiger partial charge in [0.1, 0.15) is 60.4 Å². The minimum Gasteiger partial charge on any atom is -0.343 e. The van der Waals surface area contributed by atoms with Crippen LogP contribution in [0.4, 0.5) is 0 Å². The van der Waals surface area contributed by atoms with Crippen LogP contribution in [-0.2, 0) is 67.2 Å². The van der Waals surface area contributed by atoms with Crippen molar-refractivity contribution in [2.45, 2.75) is 177 Å². The number of benzene rings is 3. The van der Waals surface area contributed by atoms with Crippen molar-refractivity contribution < 1.29 is 47.9 Å². The lowest BCUT2D eigenvalue weighted by Crippen LogP contribution is -2.61. The highest BCUT2D eigenvalue weighted by atomic mass is 16.2. The molecule has 0 bridgehead atoms. The minimum absolute atomic E-state index is 0.00549. The summed E-state index contributed by atoms with van der Waals surface area (Å²) in [6.07, 6.45) is 1.92. The summed E-state index contributed by atoms with van der Waals surface area (Å²) >= 11 is 0. The van der Waals surface area contributed by atoms with E-state index < -0.39 is 119 Å². The van der Waals surface area contributed by atoms with Gasteiger partial charge in [-0.1, -0.05) is 105 Å². The Morgan fingerprint density at radius 2 is 0.625 bits per heavy atom.